The van der Waals surface area contributed by atoms with Crippen molar-refractivity contribution in [3.63, 3.8) is 0 Å². The largest absolute Gasteiger partial charge is 0.339 e. The van der Waals surface area contributed by atoms with Crippen molar-refractivity contribution >= 4 is 5.57 Å². The second-order valence-electron chi connectivity index (χ2n) is 6.23. The average molecular weight is 320 g/mol. The van der Waals surface area contributed by atoms with Crippen LogP contribution in [0.15, 0.2) is 47.3 Å². The third kappa shape index (κ3) is 2.77. The number of benzene rings is 1. The summed E-state index contributed by atoms with van der Waals surface area (Å²) < 4.78 is 7.47. The van der Waals surface area contributed by atoms with Gasteiger partial charge in [0.2, 0.25) is 5.89 Å². The van der Waals surface area contributed by atoms with Gasteiger partial charge in [0.05, 0.1) is 24.3 Å². The minimum atomic E-state index is 0.477. The molecule has 1 saturated carbocycles. The molecule has 2 aromatic heterocycles. The number of aromatic nitrogens is 4. The number of allylic oxidation sites excluding steroid dienone is 2. The SMILES string of the molecule is C/C=C(\C)c1c(-c2ccccc2)ncn1Cc1noc(C2CC2)n1. The lowest BCUT2D eigenvalue weighted by Crippen LogP contribution is -2.04. The fourth-order valence-electron chi connectivity index (χ4n) is 2.84. The molecule has 0 spiro atoms. The first-order valence-electron chi connectivity index (χ1n) is 8.32. The van der Waals surface area contributed by atoms with E-state index in [1.807, 2.05) is 31.5 Å². The fourth-order valence-corrected chi connectivity index (χ4v) is 2.84. The monoisotopic (exact) mass is 320 g/mol. The lowest BCUT2D eigenvalue weighted by Gasteiger charge is -2.09. The highest BCUT2D eigenvalue weighted by Gasteiger charge is 2.29. The van der Waals surface area contributed by atoms with Gasteiger partial charge in [-0.15, -0.1) is 0 Å². The van der Waals surface area contributed by atoms with Gasteiger partial charge in [-0.05, 0) is 32.3 Å². The summed E-state index contributed by atoms with van der Waals surface area (Å²) in [6, 6.07) is 10.2. The molecule has 0 aliphatic heterocycles. The Labute approximate surface area is 141 Å². The molecule has 24 heavy (non-hydrogen) atoms. The van der Waals surface area contributed by atoms with Crippen LogP contribution in [0, 0.1) is 0 Å². The van der Waals surface area contributed by atoms with Crippen LogP contribution in [0.3, 0.4) is 0 Å². The normalized spacial score (nSPS) is 15.0. The van der Waals surface area contributed by atoms with E-state index in [1.165, 1.54) is 5.57 Å². The smallest absolute Gasteiger partial charge is 0.229 e. The van der Waals surface area contributed by atoms with E-state index in [-0.39, 0.29) is 0 Å². The predicted octanol–water partition coefficient (Wildman–Crippen LogP) is 4.28. The first-order valence-corrected chi connectivity index (χ1v) is 8.32. The van der Waals surface area contributed by atoms with Gasteiger partial charge < -0.3 is 9.09 Å². The van der Waals surface area contributed by atoms with Gasteiger partial charge in [-0.1, -0.05) is 41.6 Å². The van der Waals surface area contributed by atoms with Gasteiger partial charge in [0.25, 0.3) is 0 Å². The molecule has 1 aliphatic rings. The van der Waals surface area contributed by atoms with Crippen molar-refractivity contribution in [2.24, 2.45) is 0 Å². The lowest BCUT2D eigenvalue weighted by atomic mass is 10.1. The molecule has 1 aliphatic carbocycles. The van der Waals surface area contributed by atoms with Crippen LogP contribution in [0.5, 0.6) is 0 Å². The zero-order valence-electron chi connectivity index (χ0n) is 13.9. The second-order valence-corrected chi connectivity index (χ2v) is 6.23. The molecule has 0 bridgehead atoms. The van der Waals surface area contributed by atoms with E-state index in [1.54, 1.807) is 0 Å². The molecule has 4 rings (SSSR count). The van der Waals surface area contributed by atoms with E-state index in [2.05, 4.69) is 44.8 Å². The van der Waals surface area contributed by atoms with Crippen LogP contribution in [0.25, 0.3) is 16.8 Å². The fraction of sp³-hybridized carbons (Fsp3) is 0.316. The molecule has 122 valence electrons. The van der Waals surface area contributed by atoms with Crippen LogP contribution in [0.4, 0.5) is 0 Å². The molecular weight excluding hydrogens is 300 g/mol. The Bertz CT molecular complexity index is 872. The van der Waals surface area contributed by atoms with Gasteiger partial charge >= 0.3 is 0 Å². The highest BCUT2D eigenvalue weighted by molar-refractivity contribution is 5.76. The predicted molar refractivity (Wildman–Crippen MR) is 92.4 cm³/mol. The maximum absolute atomic E-state index is 5.37. The minimum Gasteiger partial charge on any atom is -0.339 e. The van der Waals surface area contributed by atoms with E-state index in [4.69, 9.17) is 4.52 Å². The van der Waals surface area contributed by atoms with Gasteiger partial charge in [0.1, 0.15) is 0 Å². The second kappa shape index (κ2) is 6.07. The van der Waals surface area contributed by atoms with E-state index < -0.39 is 0 Å². The summed E-state index contributed by atoms with van der Waals surface area (Å²) in [4.78, 5) is 9.17. The Morgan fingerprint density at radius 1 is 1.29 bits per heavy atom. The first kappa shape index (κ1) is 14.9. The third-order valence-corrected chi connectivity index (χ3v) is 4.41. The summed E-state index contributed by atoms with van der Waals surface area (Å²) >= 11 is 0. The highest BCUT2D eigenvalue weighted by atomic mass is 16.5. The molecular formula is C19H20N4O. The van der Waals surface area contributed by atoms with Crippen molar-refractivity contribution in [1.82, 2.24) is 19.7 Å². The van der Waals surface area contributed by atoms with Crippen LogP contribution < -0.4 is 0 Å². The van der Waals surface area contributed by atoms with Crippen LogP contribution in [-0.4, -0.2) is 19.7 Å². The Morgan fingerprint density at radius 3 is 2.79 bits per heavy atom. The molecule has 0 N–H and O–H groups in total. The van der Waals surface area contributed by atoms with Crippen molar-refractivity contribution in [3.05, 3.63) is 60.1 Å². The van der Waals surface area contributed by atoms with Crippen molar-refractivity contribution in [2.45, 2.75) is 39.2 Å². The summed E-state index contributed by atoms with van der Waals surface area (Å²) in [5.74, 6) is 1.96. The Kier molecular flexibility index (Phi) is 3.76. The molecule has 5 heteroatoms. The zero-order valence-corrected chi connectivity index (χ0v) is 13.9. The number of rotatable bonds is 5. The Morgan fingerprint density at radius 2 is 2.08 bits per heavy atom. The van der Waals surface area contributed by atoms with E-state index >= 15 is 0 Å². The van der Waals surface area contributed by atoms with E-state index in [0.29, 0.717) is 18.3 Å². The molecule has 1 fully saturated rings. The van der Waals surface area contributed by atoms with Gasteiger partial charge in [-0.2, -0.15) is 4.98 Å². The summed E-state index contributed by atoms with van der Waals surface area (Å²) in [6.45, 7) is 4.71. The number of hydrogen-bond acceptors (Lipinski definition) is 4. The molecule has 1 aromatic carbocycles. The Balaban J connectivity index is 1.70. The van der Waals surface area contributed by atoms with E-state index in [0.717, 1.165) is 35.7 Å². The topological polar surface area (TPSA) is 56.7 Å². The molecule has 0 amide bonds. The summed E-state index contributed by atoms with van der Waals surface area (Å²) in [6.07, 6.45) is 6.28. The molecule has 2 heterocycles. The molecule has 0 saturated heterocycles. The standard InChI is InChI=1S/C19H20N4O/c1-3-13(2)18-17(14-7-5-4-6-8-14)20-12-23(18)11-16-21-19(24-22-16)15-9-10-15/h3-8,12,15H,9-11H2,1-2H3/b13-3+. The van der Waals surface area contributed by atoms with Crippen LogP contribution in [0.1, 0.15) is 50.0 Å². The van der Waals surface area contributed by atoms with Crippen LogP contribution in [0.2, 0.25) is 0 Å². The summed E-state index contributed by atoms with van der Waals surface area (Å²) in [7, 11) is 0. The molecule has 5 nitrogen and oxygen atoms in total. The zero-order chi connectivity index (χ0) is 16.5. The van der Waals surface area contributed by atoms with Crippen LogP contribution in [-0.2, 0) is 6.54 Å². The summed E-state index contributed by atoms with van der Waals surface area (Å²) in [5, 5.41) is 4.13. The third-order valence-electron chi connectivity index (χ3n) is 4.41. The molecule has 3 aromatic rings. The van der Waals surface area contributed by atoms with Crippen molar-refractivity contribution < 1.29 is 4.52 Å². The van der Waals surface area contributed by atoms with Gasteiger partial charge in [-0.3, -0.25) is 0 Å². The van der Waals surface area contributed by atoms with Gasteiger partial charge in [0.15, 0.2) is 5.82 Å². The average Bonchev–Trinajstić information content (AvgIpc) is 3.23. The Hall–Kier alpha value is -2.69. The molecule has 0 atom stereocenters. The first-order chi connectivity index (χ1) is 11.8. The van der Waals surface area contributed by atoms with E-state index in [9.17, 15) is 0 Å². The van der Waals surface area contributed by atoms with Gasteiger partial charge in [0, 0.05) is 11.5 Å². The maximum Gasteiger partial charge on any atom is 0.229 e. The quantitative estimate of drug-likeness (QED) is 0.704. The minimum absolute atomic E-state index is 0.477. The lowest BCUT2D eigenvalue weighted by molar-refractivity contribution is 0.373. The van der Waals surface area contributed by atoms with Crippen LogP contribution >= 0.6 is 0 Å². The maximum atomic E-state index is 5.37. The van der Waals surface area contributed by atoms with Crippen molar-refractivity contribution in [3.8, 4) is 11.3 Å². The van der Waals surface area contributed by atoms with Crippen molar-refractivity contribution in [1.29, 1.82) is 0 Å². The highest BCUT2D eigenvalue weighted by Crippen LogP contribution is 2.39. The van der Waals surface area contributed by atoms with Gasteiger partial charge in [-0.25, -0.2) is 4.98 Å². The summed E-state index contributed by atoms with van der Waals surface area (Å²) in [5.41, 5.74) is 4.37. The number of imidazole rings is 1. The number of nitrogens with zero attached hydrogens (tertiary/aromatic N) is 4. The van der Waals surface area contributed by atoms with Crippen molar-refractivity contribution in [2.75, 3.05) is 0 Å². The molecule has 0 radical (unpaired) electrons. The number of hydrogen-bond donors (Lipinski definition) is 0. The molecule has 0 unspecified atom stereocenters.